The first-order chi connectivity index (χ1) is 28.3. The Labute approximate surface area is 343 Å². The summed E-state index contributed by atoms with van der Waals surface area (Å²) in [6, 6.07) is 30.9. The molecule has 14 nitrogen and oxygen atoms in total. The number of nitrogens with one attached hydrogen (secondary N) is 3. The van der Waals surface area contributed by atoms with Crippen molar-refractivity contribution < 1.29 is 43.3 Å². The molecule has 2 aliphatic rings. The lowest BCUT2D eigenvalue weighted by Gasteiger charge is -2.23. The van der Waals surface area contributed by atoms with Gasteiger partial charge in [-0.05, 0) is 67.3 Å². The average molecular weight is 804 g/mol. The maximum absolute atomic E-state index is 13.6. The number of β-amino-alcohol motifs (C(OH)–C–C–N with tert-alkyl or cyclic N) is 1. The van der Waals surface area contributed by atoms with Crippen molar-refractivity contribution in [3.05, 3.63) is 131 Å². The number of ether oxygens (including phenoxy) is 3. The highest BCUT2D eigenvalue weighted by Crippen LogP contribution is 2.25. The quantitative estimate of drug-likeness (QED) is 0.0938. The average Bonchev–Trinajstić information content (AvgIpc) is 3.83. The molecule has 0 radical (unpaired) electrons. The van der Waals surface area contributed by atoms with E-state index in [1.165, 1.54) is 9.80 Å². The molecule has 0 unspecified atom stereocenters. The van der Waals surface area contributed by atoms with Crippen molar-refractivity contribution in [2.75, 3.05) is 23.7 Å². The van der Waals surface area contributed by atoms with Gasteiger partial charge in [-0.15, -0.1) is 0 Å². The summed E-state index contributed by atoms with van der Waals surface area (Å²) in [6.45, 7) is 5.55. The highest BCUT2D eigenvalue weighted by Gasteiger charge is 2.43. The number of nitrogens with zero attached hydrogens (tertiary/aromatic N) is 2. The minimum Gasteiger partial charge on any atom is -0.445 e. The van der Waals surface area contributed by atoms with Gasteiger partial charge in [-0.2, -0.15) is 0 Å². The van der Waals surface area contributed by atoms with Crippen molar-refractivity contribution >= 4 is 53.6 Å². The number of likely N-dealkylation sites (tertiary alicyclic amines) is 2. The first kappa shape index (κ1) is 41.9. The lowest BCUT2D eigenvalue weighted by molar-refractivity contribution is -0.120. The molecule has 2 saturated heterocycles. The Morgan fingerprint density at radius 1 is 0.644 bits per heavy atom. The van der Waals surface area contributed by atoms with Crippen LogP contribution in [-0.2, 0) is 37.0 Å². The normalized spacial score (nSPS) is 18.9. The van der Waals surface area contributed by atoms with Crippen molar-refractivity contribution in [1.82, 2.24) is 15.1 Å². The Morgan fingerprint density at radius 3 is 1.54 bits per heavy atom. The maximum atomic E-state index is 13.6. The smallest absolute Gasteiger partial charge is 0.410 e. The van der Waals surface area contributed by atoms with Gasteiger partial charge in [-0.1, -0.05) is 97.1 Å². The van der Waals surface area contributed by atoms with Crippen LogP contribution in [0.2, 0.25) is 0 Å². The van der Waals surface area contributed by atoms with Gasteiger partial charge in [-0.3, -0.25) is 19.4 Å². The molecule has 59 heavy (non-hydrogen) atoms. The Kier molecular flexibility index (Phi) is 13.6. The fraction of sp³-hybridized carbons (Fsp3) is 0.311. The highest BCUT2D eigenvalue weighted by molar-refractivity contribution is 5.98. The van der Waals surface area contributed by atoms with E-state index in [0.717, 1.165) is 22.3 Å². The summed E-state index contributed by atoms with van der Waals surface area (Å²) in [7, 11) is 0. The summed E-state index contributed by atoms with van der Waals surface area (Å²) in [6.07, 6.45) is 0.432. The topological polar surface area (TPSA) is 176 Å². The van der Waals surface area contributed by atoms with E-state index in [9.17, 15) is 29.1 Å². The molecule has 6 rings (SSSR count). The molecule has 308 valence electrons. The predicted molar refractivity (Wildman–Crippen MR) is 222 cm³/mol. The zero-order chi connectivity index (χ0) is 41.9. The largest absolute Gasteiger partial charge is 0.445 e. The molecule has 0 aromatic heterocycles. The van der Waals surface area contributed by atoms with Gasteiger partial charge in [0.2, 0.25) is 11.8 Å². The van der Waals surface area contributed by atoms with Crippen molar-refractivity contribution in [2.45, 2.75) is 76.7 Å². The molecule has 2 aliphatic heterocycles. The fourth-order valence-corrected chi connectivity index (χ4v) is 6.69. The van der Waals surface area contributed by atoms with E-state index in [1.807, 2.05) is 118 Å². The van der Waals surface area contributed by atoms with Crippen LogP contribution in [0.5, 0.6) is 0 Å². The van der Waals surface area contributed by atoms with E-state index in [2.05, 4.69) is 16.0 Å². The highest BCUT2D eigenvalue weighted by atomic mass is 16.6. The van der Waals surface area contributed by atoms with Gasteiger partial charge < -0.3 is 35.3 Å². The minimum atomic E-state index is -0.942. The van der Waals surface area contributed by atoms with Crippen molar-refractivity contribution in [2.24, 2.45) is 0 Å². The Morgan fingerprint density at radius 2 is 1.08 bits per heavy atom. The molecule has 2 heterocycles. The van der Waals surface area contributed by atoms with Crippen LogP contribution >= 0.6 is 0 Å². The molecule has 4 aromatic carbocycles. The number of hydrogen-bond acceptors (Lipinski definition) is 9. The third-order valence-corrected chi connectivity index (χ3v) is 9.60. The number of anilines is 2. The lowest BCUT2D eigenvalue weighted by Crippen LogP contribution is -2.43. The molecule has 0 spiro atoms. The minimum absolute atomic E-state index is 0.00304. The predicted octanol–water partition coefficient (Wildman–Crippen LogP) is 6.81. The van der Waals surface area contributed by atoms with Crippen LogP contribution in [-0.4, -0.2) is 87.9 Å². The van der Waals surface area contributed by atoms with Crippen LogP contribution < -0.4 is 16.0 Å². The second-order valence-corrected chi connectivity index (χ2v) is 15.5. The summed E-state index contributed by atoms with van der Waals surface area (Å²) in [5.74, 6) is -0.867. The van der Waals surface area contributed by atoms with Crippen LogP contribution in [0.25, 0.3) is 12.2 Å². The molecule has 5 amide bonds. The van der Waals surface area contributed by atoms with E-state index in [1.54, 1.807) is 24.3 Å². The third-order valence-electron chi connectivity index (χ3n) is 9.60. The van der Waals surface area contributed by atoms with E-state index in [4.69, 9.17) is 14.2 Å². The van der Waals surface area contributed by atoms with Crippen LogP contribution in [0.15, 0.2) is 109 Å². The number of rotatable bonds is 11. The molecule has 14 heteroatoms. The summed E-state index contributed by atoms with van der Waals surface area (Å²) in [4.78, 5) is 67.8. The van der Waals surface area contributed by atoms with Gasteiger partial charge in [0.25, 0.3) is 0 Å². The van der Waals surface area contributed by atoms with Gasteiger partial charge in [0, 0.05) is 29.8 Å². The van der Waals surface area contributed by atoms with Gasteiger partial charge in [-0.25, -0.2) is 14.4 Å². The number of amides is 5. The molecular formula is C45H49N5O9. The van der Waals surface area contributed by atoms with E-state index in [0.29, 0.717) is 11.4 Å². The number of hydrogen-bond donors (Lipinski definition) is 4. The van der Waals surface area contributed by atoms with Gasteiger partial charge in [0.05, 0.1) is 19.2 Å². The first-order valence-corrected chi connectivity index (χ1v) is 19.4. The van der Waals surface area contributed by atoms with Crippen molar-refractivity contribution in [3.63, 3.8) is 0 Å². The fourth-order valence-electron chi connectivity index (χ4n) is 6.69. The summed E-state index contributed by atoms with van der Waals surface area (Å²) >= 11 is 0. The summed E-state index contributed by atoms with van der Waals surface area (Å²) in [5, 5.41) is 18.7. The second kappa shape index (κ2) is 19.2. The molecule has 4 N–H and O–H groups in total. The number of benzene rings is 4. The molecule has 0 saturated carbocycles. The monoisotopic (exact) mass is 803 g/mol. The van der Waals surface area contributed by atoms with E-state index in [-0.39, 0.29) is 39.1 Å². The molecule has 4 atom stereocenters. The van der Waals surface area contributed by atoms with Crippen LogP contribution in [0.1, 0.15) is 55.9 Å². The standard InChI is InChI=1S/C45H49N5O9/c1-45(2,3)48-42(54)59-37-25-39(50(27-37)44(56)58-29-33-12-8-5-9-13-33)41(53)47-35-22-18-31(19-23-35)15-14-30-16-20-34(21-17-30)46-40(52)38-24-36(51)26-49(38)43(55)57-28-32-10-6-4-7-11-32/h4-23,36-39,51H,24-29H2,1-3H3,(H,46,52)(H,47,53)(H,48,54)/t36-,37-,38+,39+/m1/s1. The second-order valence-electron chi connectivity index (χ2n) is 15.5. The van der Waals surface area contributed by atoms with Crippen molar-refractivity contribution in [3.8, 4) is 0 Å². The molecular weight excluding hydrogens is 755 g/mol. The molecule has 0 bridgehead atoms. The maximum Gasteiger partial charge on any atom is 0.410 e. The molecule has 2 fully saturated rings. The first-order valence-electron chi connectivity index (χ1n) is 19.4. The number of aliphatic hydroxyl groups excluding tert-OH is 1. The zero-order valence-electron chi connectivity index (χ0n) is 33.2. The lowest BCUT2D eigenvalue weighted by atomic mass is 10.1. The summed E-state index contributed by atoms with van der Waals surface area (Å²) in [5.41, 5.74) is 3.83. The zero-order valence-corrected chi connectivity index (χ0v) is 33.2. The number of carbonyl (C=O) groups is 5. The molecule has 0 aliphatic carbocycles. The number of alkyl carbamates (subject to hydrolysis) is 1. The van der Waals surface area contributed by atoms with Crippen LogP contribution in [0, 0.1) is 0 Å². The Balaban J connectivity index is 1.01. The molecule has 4 aromatic rings. The number of carbonyl (C=O) groups excluding carboxylic acids is 5. The number of aliphatic hydroxyl groups is 1. The van der Waals surface area contributed by atoms with Crippen LogP contribution in [0.4, 0.5) is 25.8 Å². The SMILES string of the molecule is CC(C)(C)NC(=O)O[C@@H]1C[C@@H](C(=O)Nc2ccc(C=Cc3ccc(NC(=O)[C@@H]4C[C@@H](O)CN4C(=O)OCc4ccccc4)cc3)cc2)N(C(=O)OCc2ccccc2)C1. The third kappa shape index (κ3) is 12.2. The van der Waals surface area contributed by atoms with E-state index >= 15 is 0 Å². The summed E-state index contributed by atoms with van der Waals surface area (Å²) < 4.78 is 16.5. The van der Waals surface area contributed by atoms with E-state index < -0.39 is 59.9 Å². The van der Waals surface area contributed by atoms with Gasteiger partial charge >= 0.3 is 18.3 Å². The van der Waals surface area contributed by atoms with Crippen molar-refractivity contribution in [1.29, 1.82) is 0 Å². The Hall–Kier alpha value is -6.67. The van der Waals surface area contributed by atoms with Crippen LogP contribution in [0.3, 0.4) is 0 Å². The van der Waals surface area contributed by atoms with Gasteiger partial charge in [0.1, 0.15) is 31.4 Å². The van der Waals surface area contributed by atoms with Gasteiger partial charge in [0.15, 0.2) is 0 Å². The Bertz CT molecular complexity index is 2110.